The number of amides is 1. The van der Waals surface area contributed by atoms with Crippen molar-refractivity contribution >= 4 is 11.9 Å². The first-order valence-corrected chi connectivity index (χ1v) is 6.93. The van der Waals surface area contributed by atoms with E-state index >= 15 is 0 Å². The van der Waals surface area contributed by atoms with E-state index < -0.39 is 23.5 Å². The standard InChI is InChI=1S/C15H17F2NO3/c16-12-6-5-11(7-13(12)17)14(19)18-8-9-1-3-10(4-2-9)15(20)21/h5-7,9-10H,1-4,8H2,(H,18,19)(H,20,21). The Kier molecular flexibility index (Phi) is 4.88. The molecule has 0 radical (unpaired) electrons. The predicted molar refractivity (Wildman–Crippen MR) is 71.8 cm³/mol. The molecule has 1 fully saturated rings. The van der Waals surface area contributed by atoms with E-state index in [1.54, 1.807) is 0 Å². The number of aliphatic carboxylic acids is 1. The highest BCUT2D eigenvalue weighted by molar-refractivity contribution is 5.94. The average Bonchev–Trinajstić information content (AvgIpc) is 2.48. The van der Waals surface area contributed by atoms with E-state index in [1.165, 1.54) is 6.07 Å². The van der Waals surface area contributed by atoms with E-state index in [1.807, 2.05) is 0 Å². The SMILES string of the molecule is O=C(NCC1CCC(C(=O)O)CC1)c1ccc(F)c(F)c1. The van der Waals surface area contributed by atoms with Crippen molar-refractivity contribution in [3.8, 4) is 0 Å². The Morgan fingerprint density at radius 1 is 1.14 bits per heavy atom. The van der Waals surface area contributed by atoms with Gasteiger partial charge in [0.05, 0.1) is 5.92 Å². The Morgan fingerprint density at radius 3 is 2.38 bits per heavy atom. The molecule has 0 saturated heterocycles. The number of rotatable bonds is 4. The van der Waals surface area contributed by atoms with Crippen molar-refractivity contribution in [2.45, 2.75) is 25.7 Å². The fraction of sp³-hybridized carbons (Fsp3) is 0.467. The summed E-state index contributed by atoms with van der Waals surface area (Å²) in [6.45, 7) is 0.421. The first-order chi connectivity index (χ1) is 9.97. The first kappa shape index (κ1) is 15.4. The van der Waals surface area contributed by atoms with Gasteiger partial charge < -0.3 is 10.4 Å². The molecule has 2 N–H and O–H groups in total. The van der Waals surface area contributed by atoms with E-state index in [0.29, 0.717) is 19.4 Å². The molecular weight excluding hydrogens is 280 g/mol. The third-order valence-electron chi connectivity index (χ3n) is 3.93. The van der Waals surface area contributed by atoms with Gasteiger partial charge in [-0.25, -0.2) is 8.78 Å². The molecule has 21 heavy (non-hydrogen) atoms. The number of carboxylic acids is 1. The Bertz CT molecular complexity index is 540. The molecule has 1 aliphatic rings. The molecule has 6 heteroatoms. The molecule has 1 aromatic rings. The number of nitrogens with one attached hydrogen (secondary N) is 1. The minimum absolute atomic E-state index is 0.0770. The van der Waals surface area contributed by atoms with Crippen LogP contribution >= 0.6 is 0 Å². The lowest BCUT2D eigenvalue weighted by molar-refractivity contribution is -0.143. The van der Waals surface area contributed by atoms with E-state index in [2.05, 4.69) is 5.32 Å². The maximum Gasteiger partial charge on any atom is 0.306 e. The maximum absolute atomic E-state index is 13.0. The van der Waals surface area contributed by atoms with Crippen molar-refractivity contribution in [1.29, 1.82) is 0 Å². The number of hydrogen-bond acceptors (Lipinski definition) is 2. The maximum atomic E-state index is 13.0. The summed E-state index contributed by atoms with van der Waals surface area (Å²) >= 11 is 0. The van der Waals surface area contributed by atoms with Crippen LogP contribution in [0.4, 0.5) is 8.78 Å². The first-order valence-electron chi connectivity index (χ1n) is 6.93. The summed E-state index contributed by atoms with van der Waals surface area (Å²) in [5.74, 6) is -3.31. The molecule has 1 aromatic carbocycles. The topological polar surface area (TPSA) is 66.4 Å². The van der Waals surface area contributed by atoms with Gasteiger partial charge in [-0.3, -0.25) is 9.59 Å². The minimum Gasteiger partial charge on any atom is -0.481 e. The Morgan fingerprint density at radius 2 is 1.81 bits per heavy atom. The molecule has 0 aromatic heterocycles. The third kappa shape index (κ3) is 4.00. The molecule has 0 spiro atoms. The summed E-state index contributed by atoms with van der Waals surface area (Å²) in [4.78, 5) is 22.7. The predicted octanol–water partition coefficient (Wildman–Crippen LogP) is 2.59. The van der Waals surface area contributed by atoms with Crippen molar-refractivity contribution in [3.05, 3.63) is 35.4 Å². The van der Waals surface area contributed by atoms with Crippen molar-refractivity contribution in [2.24, 2.45) is 11.8 Å². The fourth-order valence-corrected chi connectivity index (χ4v) is 2.59. The van der Waals surface area contributed by atoms with Crippen molar-refractivity contribution in [1.82, 2.24) is 5.32 Å². The van der Waals surface area contributed by atoms with Gasteiger partial charge in [0.1, 0.15) is 0 Å². The Hall–Kier alpha value is -1.98. The van der Waals surface area contributed by atoms with Crippen molar-refractivity contribution in [3.63, 3.8) is 0 Å². The summed E-state index contributed by atoms with van der Waals surface area (Å²) in [7, 11) is 0. The zero-order valence-corrected chi connectivity index (χ0v) is 11.4. The number of benzene rings is 1. The molecule has 0 atom stereocenters. The quantitative estimate of drug-likeness (QED) is 0.897. The highest BCUT2D eigenvalue weighted by atomic mass is 19.2. The summed E-state index contributed by atoms with van der Waals surface area (Å²) in [6, 6.07) is 3.02. The summed E-state index contributed by atoms with van der Waals surface area (Å²) in [5.41, 5.74) is 0.0770. The average molecular weight is 297 g/mol. The van der Waals surface area contributed by atoms with Gasteiger partial charge in [-0.15, -0.1) is 0 Å². The molecule has 114 valence electrons. The molecule has 1 amide bonds. The van der Waals surface area contributed by atoms with Crippen LogP contribution in [0.25, 0.3) is 0 Å². The van der Waals surface area contributed by atoms with Crippen LogP contribution in [0.3, 0.4) is 0 Å². The zero-order chi connectivity index (χ0) is 15.4. The van der Waals surface area contributed by atoms with Gasteiger partial charge in [-0.1, -0.05) is 0 Å². The van der Waals surface area contributed by atoms with Gasteiger partial charge in [0.15, 0.2) is 11.6 Å². The monoisotopic (exact) mass is 297 g/mol. The van der Waals surface area contributed by atoms with E-state index in [4.69, 9.17) is 5.11 Å². The number of halogens is 2. The lowest BCUT2D eigenvalue weighted by atomic mass is 9.82. The second-order valence-corrected chi connectivity index (χ2v) is 5.39. The lowest BCUT2D eigenvalue weighted by Crippen LogP contribution is -2.32. The Balaban J connectivity index is 1.82. The zero-order valence-electron chi connectivity index (χ0n) is 11.4. The Labute approximate surface area is 121 Å². The van der Waals surface area contributed by atoms with Crippen LogP contribution in [0.1, 0.15) is 36.0 Å². The number of carboxylic acid groups (broad SMARTS) is 1. The molecule has 0 aliphatic heterocycles. The van der Waals surface area contributed by atoms with E-state index in [-0.39, 0.29) is 17.4 Å². The summed E-state index contributed by atoms with van der Waals surface area (Å²) in [5, 5.41) is 11.6. The van der Waals surface area contributed by atoms with Gasteiger partial charge in [0.25, 0.3) is 5.91 Å². The van der Waals surface area contributed by atoms with E-state index in [0.717, 1.165) is 25.0 Å². The van der Waals surface area contributed by atoms with Gasteiger partial charge >= 0.3 is 5.97 Å². The van der Waals surface area contributed by atoms with Gasteiger partial charge in [-0.05, 0) is 49.8 Å². The number of carbonyl (C=O) groups excluding carboxylic acids is 1. The fourth-order valence-electron chi connectivity index (χ4n) is 2.59. The molecule has 1 aliphatic carbocycles. The van der Waals surface area contributed by atoms with Crippen LogP contribution in [0, 0.1) is 23.5 Å². The number of carbonyl (C=O) groups is 2. The second-order valence-electron chi connectivity index (χ2n) is 5.39. The van der Waals surface area contributed by atoms with Gasteiger partial charge in [0.2, 0.25) is 0 Å². The smallest absolute Gasteiger partial charge is 0.306 e. The van der Waals surface area contributed by atoms with Crippen LogP contribution in [-0.2, 0) is 4.79 Å². The normalized spacial score (nSPS) is 21.8. The van der Waals surface area contributed by atoms with Gasteiger partial charge in [-0.2, -0.15) is 0 Å². The largest absolute Gasteiger partial charge is 0.481 e. The highest BCUT2D eigenvalue weighted by Gasteiger charge is 2.26. The van der Waals surface area contributed by atoms with E-state index in [9.17, 15) is 18.4 Å². The van der Waals surface area contributed by atoms with Crippen LogP contribution in [0.15, 0.2) is 18.2 Å². The van der Waals surface area contributed by atoms with Crippen LogP contribution < -0.4 is 5.32 Å². The van der Waals surface area contributed by atoms with Crippen molar-refractivity contribution < 1.29 is 23.5 Å². The minimum atomic E-state index is -1.05. The molecule has 4 nitrogen and oxygen atoms in total. The van der Waals surface area contributed by atoms with Crippen LogP contribution in [0.2, 0.25) is 0 Å². The third-order valence-corrected chi connectivity index (χ3v) is 3.93. The molecule has 0 heterocycles. The van der Waals surface area contributed by atoms with Crippen LogP contribution in [-0.4, -0.2) is 23.5 Å². The summed E-state index contributed by atoms with van der Waals surface area (Å²) in [6.07, 6.45) is 2.71. The molecule has 0 bridgehead atoms. The summed E-state index contributed by atoms with van der Waals surface area (Å²) < 4.78 is 25.8. The highest BCUT2D eigenvalue weighted by Crippen LogP contribution is 2.28. The number of hydrogen-bond donors (Lipinski definition) is 2. The second kappa shape index (κ2) is 6.65. The molecule has 2 rings (SSSR count). The lowest BCUT2D eigenvalue weighted by Gasteiger charge is -2.26. The molecule has 1 saturated carbocycles. The van der Waals surface area contributed by atoms with Crippen LogP contribution in [0.5, 0.6) is 0 Å². The molecular formula is C15H17F2NO3. The van der Waals surface area contributed by atoms with Gasteiger partial charge in [0, 0.05) is 12.1 Å². The molecule has 0 unspecified atom stereocenters. The van der Waals surface area contributed by atoms with Crippen molar-refractivity contribution in [2.75, 3.05) is 6.54 Å².